The van der Waals surface area contributed by atoms with Crippen molar-refractivity contribution in [2.45, 2.75) is 33.6 Å². The van der Waals surface area contributed by atoms with Crippen LogP contribution in [0.1, 0.15) is 30.4 Å². The highest BCUT2D eigenvalue weighted by molar-refractivity contribution is 5.07. The van der Waals surface area contributed by atoms with Crippen molar-refractivity contribution in [3.05, 3.63) is 0 Å². The predicted octanol–water partition coefficient (Wildman–Crippen LogP) is 3.18. The van der Waals surface area contributed by atoms with Crippen molar-refractivity contribution in [2.75, 3.05) is 0 Å². The fourth-order valence-corrected chi connectivity index (χ4v) is 1.62. The van der Waals surface area contributed by atoms with E-state index in [1.54, 1.807) is 27.7 Å². The van der Waals surface area contributed by atoms with Gasteiger partial charge in [-0.2, -0.15) is 0 Å². The molecule has 1 fully saturated rings. The van der Waals surface area contributed by atoms with Crippen LogP contribution < -0.4 is 0 Å². The molecule has 1 saturated carbocycles. The lowest BCUT2D eigenvalue weighted by Gasteiger charge is -2.01. The molecule has 2 atom stereocenters. The van der Waals surface area contributed by atoms with Crippen LogP contribution in [0.5, 0.6) is 0 Å². The number of hydrogen-bond acceptors (Lipinski definition) is 0. The summed E-state index contributed by atoms with van der Waals surface area (Å²) in [5.74, 6) is -7.92. The SMILES string of the molecule is [2H]C1(C(C)C)C(F)(F)C1([2H])C(C)C. The molecule has 11 heavy (non-hydrogen) atoms. The number of alkyl halides is 2. The molecule has 1 rings (SSSR count). The normalized spacial score (nSPS) is 50.9. The highest BCUT2D eigenvalue weighted by Gasteiger charge is 2.69. The average Bonchev–Trinajstić information content (AvgIpc) is 2.32. The maximum Gasteiger partial charge on any atom is 0.255 e. The Balaban J connectivity index is 3.07. The van der Waals surface area contributed by atoms with Crippen LogP contribution in [-0.4, -0.2) is 5.92 Å². The van der Waals surface area contributed by atoms with E-state index < -0.39 is 29.5 Å². The molecule has 1 aliphatic rings. The van der Waals surface area contributed by atoms with Gasteiger partial charge in [-0.15, -0.1) is 0 Å². The van der Waals surface area contributed by atoms with E-state index in [9.17, 15) is 8.78 Å². The van der Waals surface area contributed by atoms with Crippen LogP contribution in [-0.2, 0) is 0 Å². The zero-order valence-electron chi connectivity index (χ0n) is 9.41. The van der Waals surface area contributed by atoms with E-state index in [4.69, 9.17) is 2.74 Å². The van der Waals surface area contributed by atoms with E-state index in [1.165, 1.54) is 0 Å². The van der Waals surface area contributed by atoms with Crippen molar-refractivity contribution >= 4 is 0 Å². The maximum atomic E-state index is 13.4. The maximum absolute atomic E-state index is 13.4. The molecule has 0 nitrogen and oxygen atoms in total. The van der Waals surface area contributed by atoms with Crippen LogP contribution in [0.2, 0.25) is 0 Å². The van der Waals surface area contributed by atoms with E-state index in [2.05, 4.69) is 0 Å². The number of hydrogen-bond donors (Lipinski definition) is 0. The van der Waals surface area contributed by atoms with Crippen LogP contribution in [0.25, 0.3) is 0 Å². The van der Waals surface area contributed by atoms with Crippen molar-refractivity contribution < 1.29 is 11.5 Å². The van der Waals surface area contributed by atoms with Crippen molar-refractivity contribution in [1.29, 1.82) is 0 Å². The number of halogens is 2. The Labute approximate surface area is 69.8 Å². The van der Waals surface area contributed by atoms with E-state index in [1.807, 2.05) is 0 Å². The van der Waals surface area contributed by atoms with E-state index >= 15 is 0 Å². The first-order valence-corrected chi connectivity index (χ1v) is 4.01. The largest absolute Gasteiger partial charge is 0.255 e. The third kappa shape index (κ3) is 1.27. The van der Waals surface area contributed by atoms with Gasteiger partial charge in [-0.05, 0) is 11.8 Å². The van der Waals surface area contributed by atoms with Crippen LogP contribution in [0.3, 0.4) is 0 Å². The molecule has 0 aromatic rings. The Morgan fingerprint density at radius 3 is 1.45 bits per heavy atom. The first-order valence-electron chi connectivity index (χ1n) is 5.01. The first-order chi connectivity index (χ1) is 5.64. The summed E-state index contributed by atoms with van der Waals surface area (Å²) in [5.41, 5.74) is 0. The zero-order chi connectivity index (χ0) is 10.7. The fraction of sp³-hybridized carbons (Fsp3) is 1.00. The third-order valence-corrected chi connectivity index (χ3v) is 2.06. The van der Waals surface area contributed by atoms with Crippen LogP contribution >= 0.6 is 0 Å². The molecule has 0 aromatic heterocycles. The molecule has 1 aliphatic carbocycles. The van der Waals surface area contributed by atoms with E-state index in [0.717, 1.165) is 0 Å². The van der Waals surface area contributed by atoms with Gasteiger partial charge >= 0.3 is 0 Å². The Kier molecular flexibility index (Phi) is 1.41. The molecule has 0 amide bonds. The molecule has 0 aromatic carbocycles. The van der Waals surface area contributed by atoms with Crippen LogP contribution in [0.15, 0.2) is 0 Å². The summed E-state index contributed by atoms with van der Waals surface area (Å²) in [5, 5.41) is 0. The second-order valence-electron chi connectivity index (χ2n) is 3.71. The molecule has 0 saturated heterocycles. The van der Waals surface area contributed by atoms with Gasteiger partial charge in [-0.1, -0.05) is 27.7 Å². The van der Waals surface area contributed by atoms with Gasteiger partial charge < -0.3 is 0 Å². The quantitative estimate of drug-likeness (QED) is 0.588. The molecule has 0 aliphatic heterocycles. The Hall–Kier alpha value is -0.140. The van der Waals surface area contributed by atoms with Crippen molar-refractivity contribution in [1.82, 2.24) is 0 Å². The Bertz CT molecular complexity index is 206. The minimum Gasteiger partial charge on any atom is -0.206 e. The Morgan fingerprint density at radius 2 is 1.36 bits per heavy atom. The van der Waals surface area contributed by atoms with Crippen molar-refractivity contribution in [3.8, 4) is 0 Å². The number of rotatable bonds is 2. The summed E-state index contributed by atoms with van der Waals surface area (Å²) in [4.78, 5) is 0. The zero-order valence-corrected chi connectivity index (χ0v) is 7.41. The van der Waals surface area contributed by atoms with Gasteiger partial charge in [0.25, 0.3) is 5.92 Å². The highest BCUT2D eigenvalue weighted by Crippen LogP contribution is 2.61. The third-order valence-electron chi connectivity index (χ3n) is 2.06. The molecule has 0 bridgehead atoms. The minimum absolute atomic E-state index is 0.484. The first kappa shape index (κ1) is 6.38. The second kappa shape index (κ2) is 2.43. The monoisotopic (exact) mass is 164 g/mol. The standard InChI is InChI=1S/C9H16F2/c1-5(2)7-8(6(3)4)9(7,10)11/h5-8H,1-4H3/i7D,8D. The molecule has 0 N–H and O–H groups in total. The minimum atomic E-state index is -3.16. The summed E-state index contributed by atoms with van der Waals surface area (Å²) in [6, 6.07) is 0. The smallest absolute Gasteiger partial charge is 0.206 e. The Morgan fingerprint density at radius 1 is 1.09 bits per heavy atom. The molecule has 0 heterocycles. The van der Waals surface area contributed by atoms with Gasteiger partial charge in [0.1, 0.15) is 0 Å². The van der Waals surface area contributed by atoms with Gasteiger partial charge in [-0.3, -0.25) is 0 Å². The molecule has 0 radical (unpaired) electrons. The van der Waals surface area contributed by atoms with Gasteiger partial charge in [0.05, 0.1) is 0 Å². The highest BCUT2D eigenvalue weighted by atomic mass is 19.3. The van der Waals surface area contributed by atoms with Crippen molar-refractivity contribution in [3.63, 3.8) is 0 Å². The van der Waals surface area contributed by atoms with Gasteiger partial charge in [0, 0.05) is 14.5 Å². The lowest BCUT2D eigenvalue weighted by atomic mass is 10.0. The molecular weight excluding hydrogens is 146 g/mol. The van der Waals surface area contributed by atoms with Crippen molar-refractivity contribution in [2.24, 2.45) is 23.6 Å². The second-order valence-corrected chi connectivity index (χ2v) is 3.71. The molecule has 66 valence electrons. The molecule has 2 unspecified atom stereocenters. The van der Waals surface area contributed by atoms with Crippen LogP contribution in [0.4, 0.5) is 8.78 Å². The van der Waals surface area contributed by atoms with E-state index in [-0.39, 0.29) is 0 Å². The molecule has 0 spiro atoms. The molecule has 2 heteroatoms. The predicted molar refractivity (Wildman–Crippen MR) is 41.6 cm³/mol. The summed E-state index contributed by atoms with van der Waals surface area (Å²) in [7, 11) is 0. The summed E-state index contributed by atoms with van der Waals surface area (Å²) in [6.45, 7) is 6.33. The topological polar surface area (TPSA) is 0 Å². The summed E-state index contributed by atoms with van der Waals surface area (Å²) < 4.78 is 42.0. The van der Waals surface area contributed by atoms with Crippen LogP contribution in [0, 0.1) is 23.6 Å². The molecular formula is C9H16F2. The van der Waals surface area contributed by atoms with Gasteiger partial charge in [0.2, 0.25) is 0 Å². The summed E-state index contributed by atoms with van der Waals surface area (Å²) >= 11 is 0. The lowest BCUT2D eigenvalue weighted by Crippen LogP contribution is -2.00. The lowest BCUT2D eigenvalue weighted by molar-refractivity contribution is 0.0706. The summed E-state index contributed by atoms with van der Waals surface area (Å²) in [6.07, 6.45) is 0. The van der Waals surface area contributed by atoms with Gasteiger partial charge in [-0.25, -0.2) is 8.78 Å². The van der Waals surface area contributed by atoms with Gasteiger partial charge in [0.15, 0.2) is 0 Å². The average molecular weight is 164 g/mol. The van der Waals surface area contributed by atoms with E-state index in [0.29, 0.717) is 0 Å². The fourth-order valence-electron chi connectivity index (χ4n) is 1.62.